The van der Waals surface area contributed by atoms with E-state index < -0.39 is 0 Å². The highest BCUT2D eigenvalue weighted by molar-refractivity contribution is 7.16. The van der Waals surface area contributed by atoms with Crippen molar-refractivity contribution in [2.45, 2.75) is 32.2 Å². The lowest BCUT2D eigenvalue weighted by Gasteiger charge is -2.05. The monoisotopic (exact) mass is 321 g/mol. The molecule has 0 spiro atoms. The Morgan fingerprint density at radius 3 is 2.74 bits per heavy atom. The number of aromatic nitrogens is 2. The number of thiophene rings is 1. The molecule has 0 fully saturated rings. The van der Waals surface area contributed by atoms with E-state index in [2.05, 4.69) is 22.4 Å². The minimum atomic E-state index is 0. The summed E-state index contributed by atoms with van der Waals surface area (Å²) in [6, 6.07) is 4.22. The molecule has 0 aliphatic rings. The van der Waals surface area contributed by atoms with Crippen molar-refractivity contribution in [1.29, 1.82) is 0 Å². The molecule has 2 aromatic heterocycles. The molecule has 1 N–H and O–H groups in total. The van der Waals surface area contributed by atoms with Crippen LogP contribution in [0.2, 0.25) is 4.34 Å². The molecule has 0 radical (unpaired) electrons. The van der Waals surface area contributed by atoms with Crippen LogP contribution in [0.25, 0.3) is 0 Å². The molecule has 0 saturated heterocycles. The second kappa shape index (κ2) is 7.24. The second-order valence-electron chi connectivity index (χ2n) is 4.31. The van der Waals surface area contributed by atoms with Gasteiger partial charge in [-0.1, -0.05) is 16.8 Å². The molecule has 19 heavy (non-hydrogen) atoms. The van der Waals surface area contributed by atoms with Crippen molar-refractivity contribution in [1.82, 2.24) is 15.5 Å². The van der Waals surface area contributed by atoms with E-state index >= 15 is 0 Å². The summed E-state index contributed by atoms with van der Waals surface area (Å²) in [4.78, 5) is 5.57. The first-order valence-corrected chi connectivity index (χ1v) is 7.04. The normalized spacial score (nSPS) is 13.9. The zero-order valence-electron chi connectivity index (χ0n) is 11.0. The molecular weight excluding hydrogens is 305 g/mol. The third kappa shape index (κ3) is 4.18. The summed E-state index contributed by atoms with van der Waals surface area (Å²) >= 11 is 7.47. The van der Waals surface area contributed by atoms with E-state index in [0.29, 0.717) is 11.9 Å². The quantitative estimate of drug-likeness (QED) is 0.915. The molecule has 0 amide bonds. The summed E-state index contributed by atoms with van der Waals surface area (Å²) in [5.41, 5.74) is 0. The molecule has 2 rings (SSSR count). The van der Waals surface area contributed by atoms with E-state index in [1.54, 1.807) is 11.3 Å². The lowest BCUT2D eigenvalue weighted by Crippen LogP contribution is -2.24. The highest BCUT2D eigenvalue weighted by Gasteiger charge is 2.18. The first-order valence-electron chi connectivity index (χ1n) is 5.85. The van der Waals surface area contributed by atoms with Crippen LogP contribution >= 0.6 is 35.3 Å². The predicted molar refractivity (Wildman–Crippen MR) is 80.6 cm³/mol. The summed E-state index contributed by atoms with van der Waals surface area (Å²) in [6.45, 7) is 4.12. The summed E-state index contributed by atoms with van der Waals surface area (Å²) < 4.78 is 6.09. The molecule has 7 heteroatoms. The van der Waals surface area contributed by atoms with E-state index in [1.807, 2.05) is 26.1 Å². The number of rotatable bonds is 5. The van der Waals surface area contributed by atoms with E-state index in [1.165, 1.54) is 0 Å². The third-order valence-electron chi connectivity index (χ3n) is 2.86. The first kappa shape index (κ1) is 16.4. The standard InChI is InChI=1S/C12H16ClN3OS.ClH/c1-7(14-3)6-11-15-12(17-16-11)8(2)9-4-5-10(13)18-9;/h4-5,7-8,14H,6H2,1-3H3;1H. The number of hydrogen-bond donors (Lipinski definition) is 1. The van der Waals surface area contributed by atoms with E-state index in [0.717, 1.165) is 21.5 Å². The average Bonchev–Trinajstić information content (AvgIpc) is 2.97. The number of nitrogens with one attached hydrogen (secondary N) is 1. The van der Waals surface area contributed by atoms with Gasteiger partial charge in [0.15, 0.2) is 5.82 Å². The van der Waals surface area contributed by atoms with Gasteiger partial charge in [-0.05, 0) is 33.0 Å². The van der Waals surface area contributed by atoms with Crippen LogP contribution in [-0.2, 0) is 6.42 Å². The van der Waals surface area contributed by atoms with Gasteiger partial charge in [0, 0.05) is 17.3 Å². The number of likely N-dealkylation sites (N-methyl/N-ethyl adjacent to an activating group) is 1. The van der Waals surface area contributed by atoms with Gasteiger partial charge in [0.2, 0.25) is 5.89 Å². The molecule has 4 nitrogen and oxygen atoms in total. The largest absolute Gasteiger partial charge is 0.339 e. The van der Waals surface area contributed by atoms with E-state index in [-0.39, 0.29) is 18.3 Å². The number of halogens is 2. The molecule has 0 saturated carbocycles. The molecule has 0 bridgehead atoms. The van der Waals surface area contributed by atoms with Crippen molar-refractivity contribution < 1.29 is 4.52 Å². The van der Waals surface area contributed by atoms with Crippen LogP contribution in [-0.4, -0.2) is 23.2 Å². The Morgan fingerprint density at radius 1 is 1.42 bits per heavy atom. The van der Waals surface area contributed by atoms with Crippen molar-refractivity contribution >= 4 is 35.3 Å². The van der Waals surface area contributed by atoms with Crippen molar-refractivity contribution in [3.63, 3.8) is 0 Å². The zero-order chi connectivity index (χ0) is 13.1. The van der Waals surface area contributed by atoms with Gasteiger partial charge in [0.25, 0.3) is 0 Å². The Morgan fingerprint density at radius 2 is 2.16 bits per heavy atom. The highest BCUT2D eigenvalue weighted by Crippen LogP contribution is 2.31. The van der Waals surface area contributed by atoms with Gasteiger partial charge in [-0.2, -0.15) is 4.98 Å². The fraction of sp³-hybridized carbons (Fsp3) is 0.500. The van der Waals surface area contributed by atoms with Crippen LogP contribution in [0.4, 0.5) is 0 Å². The molecule has 2 unspecified atom stereocenters. The zero-order valence-corrected chi connectivity index (χ0v) is 13.4. The van der Waals surface area contributed by atoms with Gasteiger partial charge in [-0.25, -0.2) is 0 Å². The second-order valence-corrected chi connectivity index (χ2v) is 6.05. The third-order valence-corrected chi connectivity index (χ3v) is 4.27. The topological polar surface area (TPSA) is 51.0 Å². The van der Waals surface area contributed by atoms with Gasteiger partial charge in [-0.15, -0.1) is 23.7 Å². The van der Waals surface area contributed by atoms with Crippen LogP contribution < -0.4 is 5.32 Å². The molecule has 106 valence electrons. The van der Waals surface area contributed by atoms with Crippen LogP contribution in [0.3, 0.4) is 0 Å². The maximum atomic E-state index is 5.93. The Balaban J connectivity index is 0.00000180. The summed E-state index contributed by atoms with van der Waals surface area (Å²) in [5.74, 6) is 1.47. The minimum absolute atomic E-state index is 0. The fourth-order valence-corrected chi connectivity index (χ4v) is 2.69. The lowest BCUT2D eigenvalue weighted by molar-refractivity contribution is 0.364. The molecule has 0 aromatic carbocycles. The predicted octanol–water partition coefficient (Wildman–Crippen LogP) is 3.51. The van der Waals surface area contributed by atoms with Crippen LogP contribution in [0.15, 0.2) is 16.7 Å². The van der Waals surface area contributed by atoms with Gasteiger partial charge in [0.05, 0.1) is 10.3 Å². The maximum absolute atomic E-state index is 5.93. The van der Waals surface area contributed by atoms with Crippen molar-refractivity contribution in [2.75, 3.05) is 7.05 Å². The average molecular weight is 322 g/mol. The SMILES string of the molecule is CNC(C)Cc1noc(C(C)c2ccc(Cl)s2)n1.Cl. The number of nitrogens with zero attached hydrogens (tertiary/aromatic N) is 2. The summed E-state index contributed by atoms with van der Waals surface area (Å²) in [5, 5.41) is 7.15. The number of hydrogen-bond acceptors (Lipinski definition) is 5. The van der Waals surface area contributed by atoms with Crippen LogP contribution in [0, 0.1) is 0 Å². The Bertz CT molecular complexity index is 515. The van der Waals surface area contributed by atoms with Crippen molar-refractivity contribution in [3.8, 4) is 0 Å². The molecule has 0 aliphatic heterocycles. The maximum Gasteiger partial charge on any atom is 0.234 e. The Hall–Kier alpha value is -0.620. The molecule has 2 aromatic rings. The Kier molecular flexibility index (Phi) is 6.26. The van der Waals surface area contributed by atoms with E-state index in [9.17, 15) is 0 Å². The van der Waals surface area contributed by atoms with Crippen molar-refractivity contribution in [3.05, 3.63) is 33.1 Å². The molecule has 0 aliphatic carbocycles. The van der Waals surface area contributed by atoms with E-state index in [4.69, 9.17) is 16.1 Å². The van der Waals surface area contributed by atoms with Gasteiger partial charge in [-0.3, -0.25) is 0 Å². The molecule has 2 atom stereocenters. The molecular formula is C12H17Cl2N3OS. The highest BCUT2D eigenvalue weighted by atomic mass is 35.5. The molecule has 2 heterocycles. The summed E-state index contributed by atoms with van der Waals surface area (Å²) in [6.07, 6.45) is 0.762. The smallest absolute Gasteiger partial charge is 0.234 e. The first-order chi connectivity index (χ1) is 8.60. The lowest BCUT2D eigenvalue weighted by atomic mass is 10.1. The van der Waals surface area contributed by atoms with Crippen molar-refractivity contribution in [2.24, 2.45) is 0 Å². The van der Waals surface area contributed by atoms with Crippen LogP contribution in [0.1, 0.15) is 36.4 Å². The summed E-state index contributed by atoms with van der Waals surface area (Å²) in [7, 11) is 1.92. The Labute approximate surface area is 128 Å². The van der Waals surface area contributed by atoms with Crippen LogP contribution in [0.5, 0.6) is 0 Å². The fourth-order valence-electron chi connectivity index (χ4n) is 1.58. The van der Waals surface area contributed by atoms with Gasteiger partial charge in [0.1, 0.15) is 0 Å². The van der Waals surface area contributed by atoms with Gasteiger partial charge >= 0.3 is 0 Å². The van der Waals surface area contributed by atoms with Gasteiger partial charge < -0.3 is 9.84 Å². The minimum Gasteiger partial charge on any atom is -0.339 e.